The third-order valence-corrected chi connectivity index (χ3v) is 2.96. The molecule has 0 radical (unpaired) electrons. The van der Waals surface area contributed by atoms with Crippen molar-refractivity contribution in [1.82, 2.24) is 0 Å². The maximum absolute atomic E-state index is 11.5. The summed E-state index contributed by atoms with van der Waals surface area (Å²) in [5, 5.41) is 0. The van der Waals surface area contributed by atoms with E-state index in [9.17, 15) is 9.59 Å². The van der Waals surface area contributed by atoms with Gasteiger partial charge < -0.3 is 9.47 Å². The van der Waals surface area contributed by atoms with Crippen LogP contribution in [0, 0.1) is 5.92 Å². The maximum Gasteiger partial charge on any atom is 0.320 e. The van der Waals surface area contributed by atoms with Crippen LogP contribution >= 0.6 is 0 Å². The van der Waals surface area contributed by atoms with Crippen molar-refractivity contribution >= 4 is 11.9 Å². The topological polar surface area (TPSA) is 52.6 Å². The van der Waals surface area contributed by atoms with Crippen LogP contribution in [0.4, 0.5) is 0 Å². The van der Waals surface area contributed by atoms with Crippen LogP contribution in [-0.4, -0.2) is 25.2 Å². The summed E-state index contributed by atoms with van der Waals surface area (Å²) in [6.07, 6.45) is 5.64. The van der Waals surface area contributed by atoms with Gasteiger partial charge in [0.2, 0.25) is 0 Å². The van der Waals surface area contributed by atoms with Crippen LogP contribution in [-0.2, 0) is 19.1 Å². The number of methoxy groups -OCH3 is 1. The van der Waals surface area contributed by atoms with Gasteiger partial charge in [-0.3, -0.25) is 9.59 Å². The van der Waals surface area contributed by atoms with E-state index in [0.29, 0.717) is 6.42 Å². The second kappa shape index (κ2) is 6.51. The molecule has 2 unspecified atom stereocenters. The highest BCUT2D eigenvalue weighted by Gasteiger charge is 2.35. The Morgan fingerprint density at radius 2 is 2.19 bits per heavy atom. The van der Waals surface area contributed by atoms with Crippen LogP contribution in [0.2, 0.25) is 0 Å². The Balaban J connectivity index is 2.34. The Morgan fingerprint density at radius 3 is 2.75 bits per heavy atom. The average molecular weight is 228 g/mol. The lowest BCUT2D eigenvalue weighted by Gasteiger charge is -2.26. The van der Waals surface area contributed by atoms with Crippen LogP contribution in [0.1, 0.15) is 45.4 Å². The Morgan fingerprint density at radius 1 is 1.44 bits per heavy atom. The lowest BCUT2D eigenvalue weighted by Crippen LogP contribution is -2.36. The smallest absolute Gasteiger partial charge is 0.320 e. The van der Waals surface area contributed by atoms with Crippen LogP contribution in [0.3, 0.4) is 0 Å². The quantitative estimate of drug-likeness (QED) is 0.410. The van der Waals surface area contributed by atoms with E-state index < -0.39 is 17.9 Å². The predicted molar refractivity (Wildman–Crippen MR) is 58.8 cm³/mol. The summed E-state index contributed by atoms with van der Waals surface area (Å²) in [5.74, 6) is -1.59. The number of cyclic esters (lactones) is 1. The largest absolute Gasteiger partial charge is 0.468 e. The van der Waals surface area contributed by atoms with Crippen molar-refractivity contribution in [2.75, 3.05) is 7.11 Å². The van der Waals surface area contributed by atoms with Gasteiger partial charge in [0.15, 0.2) is 5.92 Å². The van der Waals surface area contributed by atoms with Crippen LogP contribution < -0.4 is 0 Å². The summed E-state index contributed by atoms with van der Waals surface area (Å²) in [4.78, 5) is 22.7. The molecule has 4 nitrogen and oxygen atoms in total. The Labute approximate surface area is 96.3 Å². The molecule has 0 bridgehead atoms. The fourth-order valence-electron chi connectivity index (χ4n) is 1.96. The minimum absolute atomic E-state index is 0.0000406. The molecule has 0 aromatic rings. The number of esters is 2. The Hall–Kier alpha value is -1.06. The van der Waals surface area contributed by atoms with Gasteiger partial charge in [-0.25, -0.2) is 0 Å². The predicted octanol–water partition coefficient (Wildman–Crippen LogP) is 2.06. The van der Waals surface area contributed by atoms with Gasteiger partial charge in [0.25, 0.3) is 0 Å². The van der Waals surface area contributed by atoms with Gasteiger partial charge in [0.1, 0.15) is 6.10 Å². The molecule has 0 N–H and O–H groups in total. The summed E-state index contributed by atoms with van der Waals surface area (Å²) < 4.78 is 9.78. The monoisotopic (exact) mass is 228 g/mol. The summed E-state index contributed by atoms with van der Waals surface area (Å²) in [7, 11) is 1.29. The molecular formula is C12H20O4. The molecule has 16 heavy (non-hydrogen) atoms. The molecule has 0 spiro atoms. The summed E-state index contributed by atoms with van der Waals surface area (Å²) in [6, 6.07) is 0. The standard InChI is InChI=1S/C12H20O4/c1-3-4-5-6-9-7-8-10(11(13)15-2)12(14)16-9/h9-10H,3-8H2,1-2H3. The first-order valence-electron chi connectivity index (χ1n) is 5.97. The van der Waals surface area contributed by atoms with Gasteiger partial charge in [0.05, 0.1) is 7.11 Å². The number of hydrogen-bond donors (Lipinski definition) is 0. The number of ether oxygens (including phenoxy) is 2. The van der Waals surface area contributed by atoms with E-state index in [-0.39, 0.29) is 6.10 Å². The molecule has 0 saturated carbocycles. The molecule has 4 heteroatoms. The first-order valence-corrected chi connectivity index (χ1v) is 5.97. The molecule has 1 aliphatic heterocycles. The maximum atomic E-state index is 11.5. The SMILES string of the molecule is CCCCCC1CCC(C(=O)OC)C(=O)O1. The number of hydrogen-bond acceptors (Lipinski definition) is 4. The Bertz CT molecular complexity index is 249. The zero-order valence-electron chi connectivity index (χ0n) is 10.0. The van der Waals surface area contributed by atoms with E-state index in [1.807, 2.05) is 0 Å². The molecule has 2 atom stereocenters. The highest BCUT2D eigenvalue weighted by atomic mass is 16.6. The van der Waals surface area contributed by atoms with Crippen LogP contribution in [0.5, 0.6) is 0 Å². The fraction of sp³-hybridized carbons (Fsp3) is 0.833. The summed E-state index contributed by atoms with van der Waals surface area (Å²) in [6.45, 7) is 2.14. The van der Waals surface area contributed by atoms with Gasteiger partial charge in [-0.1, -0.05) is 19.8 Å². The molecule has 0 aromatic heterocycles. The molecule has 0 aromatic carbocycles. The second-order valence-electron chi connectivity index (χ2n) is 4.21. The van der Waals surface area contributed by atoms with E-state index in [1.54, 1.807) is 0 Å². The van der Waals surface area contributed by atoms with Crippen molar-refractivity contribution in [1.29, 1.82) is 0 Å². The van der Waals surface area contributed by atoms with Gasteiger partial charge in [-0.15, -0.1) is 0 Å². The number of unbranched alkanes of at least 4 members (excludes halogenated alkanes) is 2. The lowest BCUT2D eigenvalue weighted by atomic mass is 9.95. The molecule has 0 amide bonds. The highest BCUT2D eigenvalue weighted by Crippen LogP contribution is 2.24. The number of rotatable bonds is 5. The first-order chi connectivity index (χ1) is 7.69. The molecule has 1 rings (SSSR count). The summed E-state index contributed by atoms with van der Waals surface area (Å²) in [5.41, 5.74) is 0. The zero-order valence-corrected chi connectivity index (χ0v) is 10.0. The van der Waals surface area contributed by atoms with E-state index in [2.05, 4.69) is 11.7 Å². The van der Waals surface area contributed by atoms with Crippen molar-refractivity contribution in [3.63, 3.8) is 0 Å². The molecule has 1 fully saturated rings. The third kappa shape index (κ3) is 3.51. The van der Waals surface area contributed by atoms with Crippen LogP contribution in [0.15, 0.2) is 0 Å². The zero-order chi connectivity index (χ0) is 12.0. The molecular weight excluding hydrogens is 208 g/mol. The lowest BCUT2D eigenvalue weighted by molar-refractivity contribution is -0.170. The van der Waals surface area contributed by atoms with Crippen molar-refractivity contribution in [2.24, 2.45) is 5.92 Å². The number of carbonyl (C=O) groups excluding carboxylic acids is 2. The van der Waals surface area contributed by atoms with Crippen molar-refractivity contribution in [3.8, 4) is 0 Å². The van der Waals surface area contributed by atoms with E-state index in [0.717, 1.165) is 32.1 Å². The molecule has 92 valence electrons. The average Bonchev–Trinajstić information content (AvgIpc) is 2.29. The van der Waals surface area contributed by atoms with E-state index in [4.69, 9.17) is 4.74 Å². The normalized spacial score (nSPS) is 25.0. The molecule has 1 aliphatic rings. The van der Waals surface area contributed by atoms with Gasteiger partial charge in [-0.05, 0) is 25.7 Å². The van der Waals surface area contributed by atoms with Crippen molar-refractivity contribution < 1.29 is 19.1 Å². The first kappa shape index (κ1) is 13.0. The van der Waals surface area contributed by atoms with Crippen molar-refractivity contribution in [3.05, 3.63) is 0 Å². The van der Waals surface area contributed by atoms with Gasteiger partial charge in [-0.2, -0.15) is 0 Å². The fourth-order valence-corrected chi connectivity index (χ4v) is 1.96. The minimum Gasteiger partial charge on any atom is -0.468 e. The van der Waals surface area contributed by atoms with Gasteiger partial charge in [0, 0.05) is 0 Å². The Kier molecular flexibility index (Phi) is 5.29. The molecule has 0 aliphatic carbocycles. The third-order valence-electron chi connectivity index (χ3n) is 2.96. The van der Waals surface area contributed by atoms with E-state index >= 15 is 0 Å². The minimum atomic E-state index is -0.701. The van der Waals surface area contributed by atoms with E-state index in [1.165, 1.54) is 7.11 Å². The second-order valence-corrected chi connectivity index (χ2v) is 4.21. The van der Waals surface area contributed by atoms with Crippen molar-refractivity contribution in [2.45, 2.75) is 51.6 Å². The molecule has 1 saturated heterocycles. The summed E-state index contributed by atoms with van der Waals surface area (Å²) >= 11 is 0. The van der Waals surface area contributed by atoms with Crippen LogP contribution in [0.25, 0.3) is 0 Å². The van der Waals surface area contributed by atoms with Gasteiger partial charge >= 0.3 is 11.9 Å². The number of carbonyl (C=O) groups is 2. The highest BCUT2D eigenvalue weighted by molar-refractivity contribution is 5.95. The molecule has 1 heterocycles.